The number of halogens is 1. The minimum atomic E-state index is -0.111. The molecular weight excluding hydrogens is 260 g/mol. The molecule has 0 heterocycles. The van der Waals surface area contributed by atoms with Crippen LogP contribution in [0, 0.1) is 5.92 Å². The molecule has 1 aliphatic rings. The van der Waals surface area contributed by atoms with Crippen LogP contribution in [0.5, 0.6) is 0 Å². The molecule has 0 bridgehead atoms. The van der Waals surface area contributed by atoms with Gasteiger partial charge in [-0.1, -0.05) is 37.3 Å². The summed E-state index contributed by atoms with van der Waals surface area (Å²) < 4.78 is 0. The van der Waals surface area contributed by atoms with Gasteiger partial charge in [0.25, 0.3) is 0 Å². The molecule has 1 saturated carbocycles. The van der Waals surface area contributed by atoms with Crippen LogP contribution >= 0.6 is 12.4 Å². The van der Waals surface area contributed by atoms with Crippen molar-refractivity contribution in [1.82, 2.24) is 10.6 Å². The normalized spacial score (nSPS) is 17.8. The standard InChI is InChI=1S/C15H22N2O.ClH/c1-12(11-16-2)14(18)17-15(9-6-10-15)13-7-4-3-5-8-13;/h3-5,7-8,12,16H,6,9-11H2,1-2H3,(H,17,18);1H. The van der Waals surface area contributed by atoms with Gasteiger partial charge in [0.2, 0.25) is 5.91 Å². The van der Waals surface area contributed by atoms with Crippen molar-refractivity contribution in [2.75, 3.05) is 13.6 Å². The summed E-state index contributed by atoms with van der Waals surface area (Å²) >= 11 is 0. The van der Waals surface area contributed by atoms with Crippen LogP contribution < -0.4 is 10.6 Å². The fourth-order valence-electron chi connectivity index (χ4n) is 2.53. The number of carbonyl (C=O) groups is 1. The highest BCUT2D eigenvalue weighted by Gasteiger charge is 2.40. The first-order valence-electron chi connectivity index (χ1n) is 6.70. The summed E-state index contributed by atoms with van der Waals surface area (Å²) in [4.78, 5) is 12.2. The van der Waals surface area contributed by atoms with Gasteiger partial charge in [-0.3, -0.25) is 4.79 Å². The highest BCUT2D eigenvalue weighted by atomic mass is 35.5. The van der Waals surface area contributed by atoms with Crippen molar-refractivity contribution < 1.29 is 4.79 Å². The summed E-state index contributed by atoms with van der Waals surface area (Å²) in [6.07, 6.45) is 3.29. The Morgan fingerprint density at radius 3 is 2.42 bits per heavy atom. The van der Waals surface area contributed by atoms with Gasteiger partial charge in [0.15, 0.2) is 0 Å². The predicted octanol–water partition coefficient (Wildman–Crippen LogP) is 2.46. The molecule has 19 heavy (non-hydrogen) atoms. The summed E-state index contributed by atoms with van der Waals surface area (Å²) in [6.45, 7) is 2.68. The van der Waals surface area contributed by atoms with E-state index in [1.807, 2.05) is 32.2 Å². The Morgan fingerprint density at radius 2 is 1.95 bits per heavy atom. The first-order chi connectivity index (χ1) is 8.68. The Kier molecular flexibility index (Phi) is 5.83. The predicted molar refractivity (Wildman–Crippen MR) is 80.5 cm³/mol. The SMILES string of the molecule is CNCC(C)C(=O)NC1(c2ccccc2)CCC1.Cl. The Balaban J connectivity index is 0.00000180. The van der Waals surface area contributed by atoms with Gasteiger partial charge in [0.1, 0.15) is 0 Å². The molecule has 1 aromatic rings. The second kappa shape index (κ2) is 6.92. The second-order valence-electron chi connectivity index (χ2n) is 5.25. The van der Waals surface area contributed by atoms with Crippen LogP contribution in [0.2, 0.25) is 0 Å². The van der Waals surface area contributed by atoms with Crippen molar-refractivity contribution in [1.29, 1.82) is 0 Å². The maximum Gasteiger partial charge on any atom is 0.224 e. The minimum absolute atomic E-state index is 0. The van der Waals surface area contributed by atoms with Crippen LogP contribution in [0.3, 0.4) is 0 Å². The van der Waals surface area contributed by atoms with Crippen LogP contribution in [0.15, 0.2) is 30.3 Å². The molecule has 0 aromatic heterocycles. The average Bonchev–Trinajstić information content (AvgIpc) is 2.35. The van der Waals surface area contributed by atoms with Crippen LogP contribution in [0.25, 0.3) is 0 Å². The summed E-state index contributed by atoms with van der Waals surface area (Å²) in [5, 5.41) is 6.30. The van der Waals surface area contributed by atoms with Gasteiger partial charge in [-0.25, -0.2) is 0 Å². The van der Waals surface area contributed by atoms with Gasteiger partial charge >= 0.3 is 0 Å². The summed E-state index contributed by atoms with van der Waals surface area (Å²) in [5.41, 5.74) is 1.13. The lowest BCUT2D eigenvalue weighted by atomic mass is 9.71. The highest BCUT2D eigenvalue weighted by molar-refractivity contribution is 5.85. The second-order valence-corrected chi connectivity index (χ2v) is 5.25. The average molecular weight is 283 g/mol. The maximum absolute atomic E-state index is 12.2. The molecule has 1 fully saturated rings. The van der Waals surface area contributed by atoms with E-state index in [9.17, 15) is 4.79 Å². The fourth-order valence-corrected chi connectivity index (χ4v) is 2.53. The van der Waals surface area contributed by atoms with Crippen molar-refractivity contribution in [3.63, 3.8) is 0 Å². The lowest BCUT2D eigenvalue weighted by molar-refractivity contribution is -0.127. The number of benzene rings is 1. The Labute approximate surface area is 121 Å². The van der Waals surface area contributed by atoms with Crippen LogP contribution in [-0.2, 0) is 10.3 Å². The molecule has 1 aromatic carbocycles. The number of nitrogens with one attached hydrogen (secondary N) is 2. The van der Waals surface area contributed by atoms with E-state index in [-0.39, 0.29) is 29.8 Å². The zero-order valence-electron chi connectivity index (χ0n) is 11.6. The summed E-state index contributed by atoms with van der Waals surface area (Å²) in [7, 11) is 1.88. The van der Waals surface area contributed by atoms with E-state index in [4.69, 9.17) is 0 Å². The summed E-state index contributed by atoms with van der Waals surface area (Å²) in [5.74, 6) is 0.157. The van der Waals surface area contributed by atoms with Crippen LogP contribution in [0.1, 0.15) is 31.7 Å². The first kappa shape index (κ1) is 16.0. The van der Waals surface area contributed by atoms with Crippen LogP contribution in [-0.4, -0.2) is 19.5 Å². The molecule has 1 atom stereocenters. The Hall–Kier alpha value is -1.06. The monoisotopic (exact) mass is 282 g/mol. The third-order valence-corrected chi connectivity index (χ3v) is 3.85. The molecule has 0 aliphatic heterocycles. The van der Waals surface area contributed by atoms with Gasteiger partial charge in [-0.2, -0.15) is 0 Å². The number of rotatable bonds is 5. The molecule has 2 N–H and O–H groups in total. The third-order valence-electron chi connectivity index (χ3n) is 3.85. The fraction of sp³-hybridized carbons (Fsp3) is 0.533. The lowest BCUT2D eigenvalue weighted by Crippen LogP contribution is -2.53. The third kappa shape index (κ3) is 3.48. The van der Waals surface area contributed by atoms with Gasteiger partial charge in [0, 0.05) is 12.5 Å². The topological polar surface area (TPSA) is 41.1 Å². The van der Waals surface area contributed by atoms with Gasteiger partial charge < -0.3 is 10.6 Å². The van der Waals surface area contributed by atoms with E-state index in [0.717, 1.165) is 19.4 Å². The van der Waals surface area contributed by atoms with Crippen molar-refractivity contribution in [3.05, 3.63) is 35.9 Å². The molecule has 0 saturated heterocycles. The highest BCUT2D eigenvalue weighted by Crippen LogP contribution is 2.41. The molecule has 1 aliphatic carbocycles. The molecule has 0 spiro atoms. The maximum atomic E-state index is 12.2. The van der Waals surface area contributed by atoms with Gasteiger partial charge in [-0.15, -0.1) is 12.4 Å². The molecule has 0 radical (unpaired) electrons. The van der Waals surface area contributed by atoms with E-state index < -0.39 is 0 Å². The van der Waals surface area contributed by atoms with Crippen molar-refractivity contribution in [2.45, 2.75) is 31.7 Å². The molecule has 3 nitrogen and oxygen atoms in total. The number of amides is 1. The summed E-state index contributed by atoms with van der Waals surface area (Å²) in [6, 6.07) is 10.3. The van der Waals surface area contributed by atoms with Crippen molar-refractivity contribution >= 4 is 18.3 Å². The van der Waals surface area contributed by atoms with E-state index in [2.05, 4.69) is 22.8 Å². The van der Waals surface area contributed by atoms with Crippen molar-refractivity contribution in [2.24, 2.45) is 5.92 Å². The minimum Gasteiger partial charge on any atom is -0.346 e. The van der Waals surface area contributed by atoms with Gasteiger partial charge in [0.05, 0.1) is 5.54 Å². The molecule has 1 unspecified atom stereocenters. The zero-order chi connectivity index (χ0) is 13.0. The van der Waals surface area contributed by atoms with Crippen molar-refractivity contribution in [3.8, 4) is 0 Å². The number of hydrogen-bond donors (Lipinski definition) is 2. The molecule has 4 heteroatoms. The lowest BCUT2D eigenvalue weighted by Gasteiger charge is -2.43. The zero-order valence-corrected chi connectivity index (χ0v) is 12.4. The van der Waals surface area contributed by atoms with E-state index >= 15 is 0 Å². The molecular formula is C15H23ClN2O. The molecule has 1 amide bonds. The molecule has 2 rings (SSSR count). The first-order valence-corrected chi connectivity index (χ1v) is 6.70. The number of hydrogen-bond acceptors (Lipinski definition) is 2. The molecule has 106 valence electrons. The smallest absolute Gasteiger partial charge is 0.224 e. The Morgan fingerprint density at radius 1 is 1.32 bits per heavy atom. The largest absolute Gasteiger partial charge is 0.346 e. The van der Waals surface area contributed by atoms with E-state index in [0.29, 0.717) is 0 Å². The van der Waals surface area contributed by atoms with Crippen LogP contribution in [0.4, 0.5) is 0 Å². The van der Waals surface area contributed by atoms with Gasteiger partial charge in [-0.05, 0) is 31.9 Å². The van der Waals surface area contributed by atoms with E-state index in [1.54, 1.807) is 0 Å². The Bertz CT molecular complexity index is 404. The number of carbonyl (C=O) groups excluding carboxylic acids is 1. The quantitative estimate of drug-likeness (QED) is 0.871. The van der Waals surface area contributed by atoms with E-state index in [1.165, 1.54) is 12.0 Å².